The third-order valence-electron chi connectivity index (χ3n) is 4.92. The molecule has 4 heterocycles. The largest absolute Gasteiger partial charge is 1.00 e. The first-order valence-corrected chi connectivity index (χ1v) is 11.5. The molecule has 3 aliphatic heterocycles. The zero-order valence-electron chi connectivity index (χ0n) is 18.4. The van der Waals surface area contributed by atoms with Gasteiger partial charge in [-0.1, -0.05) is 0 Å². The Morgan fingerprint density at radius 3 is 2.74 bits per heavy atom. The summed E-state index contributed by atoms with van der Waals surface area (Å²) in [4.78, 5) is 59.2. The number of aromatic nitrogens is 1. The average Bonchev–Trinajstić information content (AvgIpc) is 3.38. The minimum absolute atomic E-state index is 0. The van der Waals surface area contributed by atoms with Crippen LogP contribution in [0.15, 0.2) is 34.2 Å². The average molecular weight is 516 g/mol. The molecule has 174 valence electrons. The number of hydrogen-bond donors (Lipinski definition) is 3. The van der Waals surface area contributed by atoms with E-state index in [-0.39, 0.29) is 63.9 Å². The number of carboxylic acids is 1. The number of hydrogen-bond acceptors (Lipinski definition) is 12. The molecule has 1 fully saturated rings. The first-order chi connectivity index (χ1) is 15.7. The predicted molar refractivity (Wildman–Crippen MR) is 115 cm³/mol. The predicted octanol–water partition coefficient (Wildman–Crippen LogP) is -4.15. The molecule has 15 heteroatoms. The van der Waals surface area contributed by atoms with Crippen LogP contribution in [0.4, 0.5) is 5.13 Å². The molecule has 34 heavy (non-hydrogen) atoms. The van der Waals surface area contributed by atoms with Gasteiger partial charge in [0.1, 0.15) is 23.8 Å². The number of carboxylic acid groups (broad SMARTS) is 1. The number of nitrogens with one attached hydrogen (secondary N) is 2. The van der Waals surface area contributed by atoms with E-state index in [9.17, 15) is 24.3 Å². The number of allylic oxidation sites excluding steroid dienone is 2. The Bertz CT molecular complexity index is 1160. The van der Waals surface area contributed by atoms with Gasteiger partial charge >= 0.3 is 35.5 Å². The van der Waals surface area contributed by atoms with E-state index in [1.165, 1.54) is 18.7 Å². The van der Waals surface area contributed by atoms with Crippen LogP contribution in [0.3, 0.4) is 0 Å². The maximum Gasteiger partial charge on any atom is 1.00 e. The van der Waals surface area contributed by atoms with Crippen molar-refractivity contribution < 1.29 is 63.4 Å². The molecule has 0 radical (unpaired) electrons. The van der Waals surface area contributed by atoms with Crippen molar-refractivity contribution in [1.29, 1.82) is 0 Å². The fourth-order valence-electron chi connectivity index (χ4n) is 3.48. The molecule has 1 saturated heterocycles. The van der Waals surface area contributed by atoms with E-state index in [2.05, 4.69) is 15.8 Å². The summed E-state index contributed by atoms with van der Waals surface area (Å²) in [5.74, 6) is -2.66. The molecular weight excluding hydrogens is 497 g/mol. The molecule has 2 atom stereocenters. The standard InChI is InChI=1S/C19H19N5O7S2.Na/c1-7-3-10(23-31-7)12(11-6-33-19(20)21-11)15(26)22-13-16(27)24-14(18(28)29)9(4-30-8(2)25)5-32-17(13)24;/h3,6,13,17,23H,4-5H2,1-2H3,(H2,20,21)(H,22,26)(H,28,29);/q;+1/p-1/t13?,17-;/m1./s1. The van der Waals surface area contributed by atoms with Crippen LogP contribution in [-0.4, -0.2) is 57.4 Å². The molecule has 0 saturated carbocycles. The van der Waals surface area contributed by atoms with E-state index in [0.29, 0.717) is 17.2 Å². The summed E-state index contributed by atoms with van der Waals surface area (Å²) in [5.41, 5.74) is 9.02. The second kappa shape index (κ2) is 10.4. The molecule has 4 rings (SSSR count). The third kappa shape index (κ3) is 4.95. The summed E-state index contributed by atoms with van der Waals surface area (Å²) in [6, 6.07) is -0.980. The number of carbonyl (C=O) groups is 4. The molecule has 1 aromatic rings. The summed E-state index contributed by atoms with van der Waals surface area (Å²) >= 11 is 2.39. The van der Waals surface area contributed by atoms with Crippen molar-refractivity contribution in [2.24, 2.45) is 0 Å². The van der Waals surface area contributed by atoms with Crippen LogP contribution < -0.4 is 51.2 Å². The summed E-state index contributed by atoms with van der Waals surface area (Å²) in [6.07, 6.45) is 1.60. The molecule has 0 aliphatic carbocycles. The van der Waals surface area contributed by atoms with E-state index in [1.807, 2.05) is 0 Å². The van der Waals surface area contributed by atoms with Gasteiger partial charge in [0.15, 0.2) is 5.13 Å². The zero-order chi connectivity index (χ0) is 23.9. The molecule has 0 aromatic carbocycles. The number of aliphatic carboxylic acids is 1. The van der Waals surface area contributed by atoms with Gasteiger partial charge in [-0.2, -0.15) is 0 Å². The number of rotatable bonds is 6. The smallest absolute Gasteiger partial charge is 0.543 e. The van der Waals surface area contributed by atoms with Crippen LogP contribution >= 0.6 is 23.1 Å². The number of carbonyl (C=O) groups excluding carboxylic acids is 4. The second-order valence-electron chi connectivity index (χ2n) is 7.20. The van der Waals surface area contributed by atoms with Gasteiger partial charge in [-0.15, -0.1) is 23.1 Å². The number of β-lactam (4-membered cyclic amide) rings is 1. The zero-order valence-corrected chi connectivity index (χ0v) is 22.0. The summed E-state index contributed by atoms with van der Waals surface area (Å²) in [7, 11) is 0. The van der Waals surface area contributed by atoms with E-state index in [1.54, 1.807) is 18.4 Å². The first-order valence-electron chi connectivity index (χ1n) is 9.56. The van der Waals surface area contributed by atoms with Gasteiger partial charge in [0.25, 0.3) is 11.8 Å². The van der Waals surface area contributed by atoms with E-state index < -0.39 is 35.2 Å². The Kier molecular flexibility index (Phi) is 7.98. The van der Waals surface area contributed by atoms with Crippen molar-refractivity contribution in [3.05, 3.63) is 39.9 Å². The van der Waals surface area contributed by atoms with Crippen LogP contribution in [0.1, 0.15) is 19.5 Å². The van der Waals surface area contributed by atoms with Gasteiger partial charge in [0.05, 0.1) is 28.6 Å². The minimum Gasteiger partial charge on any atom is -0.543 e. The van der Waals surface area contributed by atoms with E-state index in [4.69, 9.17) is 15.3 Å². The summed E-state index contributed by atoms with van der Waals surface area (Å²) in [5, 5.41) is 15.6. The topological polar surface area (TPSA) is 176 Å². The molecular formula is C19H18N5NaO7S2. The SMILES string of the molecule is CC(=O)OCC1=C(C(=O)[O-])N2C(=O)C(NC(=O)C(=C3C=C(C)ON3)c3csc(N)n3)[C@H]2SC1.[Na+]. The fraction of sp³-hybridized carbons (Fsp3) is 0.316. The van der Waals surface area contributed by atoms with Crippen LogP contribution in [0.5, 0.6) is 0 Å². The van der Waals surface area contributed by atoms with Crippen LogP contribution in [-0.2, 0) is 28.8 Å². The Balaban J connectivity index is 0.00000324. The number of nitrogens with zero attached hydrogens (tertiary/aromatic N) is 2. The van der Waals surface area contributed by atoms with E-state index >= 15 is 0 Å². The molecule has 3 aliphatic rings. The van der Waals surface area contributed by atoms with Crippen molar-refractivity contribution in [2.45, 2.75) is 25.3 Å². The number of thioether (sulfide) groups is 1. The van der Waals surface area contributed by atoms with Crippen molar-refractivity contribution in [3.63, 3.8) is 0 Å². The van der Waals surface area contributed by atoms with Gasteiger partial charge in [0, 0.05) is 29.7 Å². The Labute approximate surface area is 223 Å². The molecule has 0 bridgehead atoms. The fourth-order valence-corrected chi connectivity index (χ4v) is 5.37. The maximum absolute atomic E-state index is 13.2. The van der Waals surface area contributed by atoms with Crippen molar-refractivity contribution >= 4 is 57.6 Å². The number of anilines is 1. The number of nitrogens with two attached hydrogens (primary N) is 1. The van der Waals surface area contributed by atoms with Gasteiger partial charge in [0.2, 0.25) is 0 Å². The first kappa shape index (κ1) is 26.1. The van der Waals surface area contributed by atoms with Gasteiger partial charge in [-0.3, -0.25) is 19.3 Å². The number of amides is 2. The number of nitrogen functional groups attached to an aromatic ring is 1. The van der Waals surface area contributed by atoms with Gasteiger partial charge < -0.3 is 30.5 Å². The second-order valence-corrected chi connectivity index (χ2v) is 9.19. The summed E-state index contributed by atoms with van der Waals surface area (Å²) < 4.78 is 4.89. The normalized spacial score (nSPS) is 22.4. The molecule has 2 amide bonds. The van der Waals surface area contributed by atoms with Crippen LogP contribution in [0.25, 0.3) is 5.57 Å². The summed E-state index contributed by atoms with van der Waals surface area (Å²) in [6.45, 7) is 2.62. The van der Waals surface area contributed by atoms with Crippen LogP contribution in [0, 0.1) is 0 Å². The third-order valence-corrected chi connectivity index (χ3v) is 6.93. The number of ether oxygens (including phenoxy) is 1. The quantitative estimate of drug-likeness (QED) is 0.145. The Morgan fingerprint density at radius 2 is 2.18 bits per heavy atom. The molecule has 1 unspecified atom stereocenters. The van der Waals surface area contributed by atoms with Crippen molar-refractivity contribution in [3.8, 4) is 0 Å². The number of thiazole rings is 1. The maximum atomic E-state index is 13.2. The van der Waals surface area contributed by atoms with Crippen LogP contribution in [0.2, 0.25) is 0 Å². The number of fused-ring (bicyclic) bond motifs is 1. The number of hydroxylamine groups is 1. The molecule has 12 nitrogen and oxygen atoms in total. The van der Waals surface area contributed by atoms with Gasteiger partial charge in [-0.05, 0) is 6.92 Å². The number of esters is 1. The van der Waals surface area contributed by atoms with Gasteiger partial charge in [-0.25, -0.2) is 10.5 Å². The Hall–Kier alpha value is -2.52. The Morgan fingerprint density at radius 1 is 1.44 bits per heavy atom. The molecule has 4 N–H and O–H groups in total. The van der Waals surface area contributed by atoms with E-state index in [0.717, 1.165) is 16.2 Å². The van der Waals surface area contributed by atoms with Crippen molar-refractivity contribution in [1.82, 2.24) is 20.7 Å². The molecule has 1 aromatic heterocycles. The monoisotopic (exact) mass is 515 g/mol. The molecule has 0 spiro atoms. The van der Waals surface area contributed by atoms with Crippen molar-refractivity contribution in [2.75, 3.05) is 18.1 Å². The minimum atomic E-state index is -1.56.